The van der Waals surface area contributed by atoms with Crippen molar-refractivity contribution in [2.45, 2.75) is 42.9 Å². The number of fused-ring (bicyclic) bond motifs is 2. The number of carbonyl (C=O) groups excluding carboxylic acids is 1. The Balaban J connectivity index is 1.56. The van der Waals surface area contributed by atoms with Crippen LogP contribution in [0.25, 0.3) is 0 Å². The van der Waals surface area contributed by atoms with Gasteiger partial charge in [0.1, 0.15) is 0 Å². The number of hydrogen-bond donors (Lipinski definition) is 1. The molecule has 30 heavy (non-hydrogen) atoms. The summed E-state index contributed by atoms with van der Waals surface area (Å²) in [7, 11) is 0. The molecule has 4 heteroatoms. The molecule has 0 aromatic heterocycles. The van der Waals surface area contributed by atoms with Crippen molar-refractivity contribution < 1.29 is 4.79 Å². The summed E-state index contributed by atoms with van der Waals surface area (Å²) in [6.45, 7) is 6.96. The largest absolute Gasteiger partial charge is 0.351 e. The van der Waals surface area contributed by atoms with Gasteiger partial charge in [-0.1, -0.05) is 67.6 Å². The predicted molar refractivity (Wildman–Crippen MR) is 125 cm³/mol. The first-order valence-electron chi connectivity index (χ1n) is 10.4. The molecule has 1 N–H and O–H groups in total. The monoisotopic (exact) mass is 414 g/mol. The SMILES string of the molecule is CCC1=Nc2cc(C(=O)NC[C@H](C)c3ccccc3)ccc2Sc2ccc(C)cc21. The molecule has 0 radical (unpaired) electrons. The van der Waals surface area contributed by atoms with E-state index in [4.69, 9.17) is 4.99 Å². The first-order chi connectivity index (χ1) is 14.5. The Morgan fingerprint density at radius 3 is 2.57 bits per heavy atom. The van der Waals surface area contributed by atoms with Crippen LogP contribution in [0.15, 0.2) is 81.5 Å². The van der Waals surface area contributed by atoms with E-state index in [2.05, 4.69) is 56.4 Å². The number of amides is 1. The van der Waals surface area contributed by atoms with Crippen LogP contribution in [0.2, 0.25) is 0 Å². The van der Waals surface area contributed by atoms with Crippen LogP contribution in [0.4, 0.5) is 5.69 Å². The molecule has 152 valence electrons. The van der Waals surface area contributed by atoms with Gasteiger partial charge in [0.05, 0.1) is 5.69 Å². The molecule has 0 bridgehead atoms. The van der Waals surface area contributed by atoms with Crippen molar-refractivity contribution in [2.75, 3.05) is 6.54 Å². The van der Waals surface area contributed by atoms with Gasteiger partial charge in [-0.25, -0.2) is 0 Å². The minimum Gasteiger partial charge on any atom is -0.351 e. The predicted octanol–water partition coefficient (Wildman–Crippen LogP) is 6.52. The van der Waals surface area contributed by atoms with Gasteiger partial charge in [0.25, 0.3) is 5.91 Å². The van der Waals surface area contributed by atoms with E-state index in [1.165, 1.54) is 21.6 Å². The quantitative estimate of drug-likeness (QED) is 0.516. The fourth-order valence-electron chi connectivity index (χ4n) is 3.63. The maximum absolute atomic E-state index is 12.8. The summed E-state index contributed by atoms with van der Waals surface area (Å²) < 4.78 is 0. The lowest BCUT2D eigenvalue weighted by molar-refractivity contribution is 0.0951. The van der Waals surface area contributed by atoms with Gasteiger partial charge in [0.15, 0.2) is 0 Å². The van der Waals surface area contributed by atoms with Crippen LogP contribution in [0.1, 0.15) is 53.2 Å². The van der Waals surface area contributed by atoms with Gasteiger partial charge in [0, 0.05) is 33.2 Å². The molecule has 1 aliphatic rings. The van der Waals surface area contributed by atoms with Crippen molar-refractivity contribution in [3.63, 3.8) is 0 Å². The lowest BCUT2D eigenvalue weighted by Gasteiger charge is -2.13. The van der Waals surface area contributed by atoms with Crippen molar-refractivity contribution in [3.05, 3.63) is 89.0 Å². The molecule has 0 unspecified atom stereocenters. The number of carbonyl (C=O) groups is 1. The third-order valence-corrected chi connectivity index (χ3v) is 6.56. The first kappa shape index (κ1) is 20.4. The van der Waals surface area contributed by atoms with Crippen molar-refractivity contribution >= 4 is 29.1 Å². The van der Waals surface area contributed by atoms with E-state index >= 15 is 0 Å². The summed E-state index contributed by atoms with van der Waals surface area (Å²) in [4.78, 5) is 20.0. The van der Waals surface area contributed by atoms with Gasteiger partial charge in [-0.05, 0) is 55.2 Å². The number of aryl methyl sites for hydroxylation is 1. The Labute approximate surface area is 182 Å². The highest BCUT2D eigenvalue weighted by molar-refractivity contribution is 7.99. The topological polar surface area (TPSA) is 41.5 Å². The molecule has 0 saturated carbocycles. The third kappa shape index (κ3) is 4.34. The highest BCUT2D eigenvalue weighted by Gasteiger charge is 2.18. The van der Waals surface area contributed by atoms with Gasteiger partial charge in [-0.2, -0.15) is 0 Å². The number of aliphatic imine (C=N–C) groups is 1. The molecule has 4 rings (SSSR count). The lowest BCUT2D eigenvalue weighted by Crippen LogP contribution is -2.27. The van der Waals surface area contributed by atoms with Crippen LogP contribution >= 0.6 is 11.8 Å². The molecule has 0 spiro atoms. The zero-order valence-corrected chi connectivity index (χ0v) is 18.4. The minimum absolute atomic E-state index is 0.0589. The third-order valence-electron chi connectivity index (χ3n) is 5.41. The van der Waals surface area contributed by atoms with Gasteiger partial charge in [-0.15, -0.1) is 0 Å². The molecule has 1 atom stereocenters. The van der Waals surface area contributed by atoms with E-state index in [0.29, 0.717) is 12.1 Å². The van der Waals surface area contributed by atoms with Crippen LogP contribution in [0.5, 0.6) is 0 Å². The van der Waals surface area contributed by atoms with Crippen molar-refractivity contribution in [1.82, 2.24) is 5.32 Å². The number of rotatable bonds is 5. The Hall–Kier alpha value is -2.85. The van der Waals surface area contributed by atoms with E-state index in [-0.39, 0.29) is 11.8 Å². The second-order valence-electron chi connectivity index (χ2n) is 7.72. The van der Waals surface area contributed by atoms with E-state index in [9.17, 15) is 4.79 Å². The average Bonchev–Trinajstić information content (AvgIpc) is 2.93. The van der Waals surface area contributed by atoms with Crippen molar-refractivity contribution in [2.24, 2.45) is 4.99 Å². The molecular formula is C26H26N2OS. The summed E-state index contributed by atoms with van der Waals surface area (Å²) in [5, 5.41) is 3.08. The standard InChI is InChI=1S/C26H26N2OS/c1-4-22-21-14-17(2)10-12-24(21)30-25-13-11-20(15-23(25)28-22)26(29)27-16-18(3)19-8-6-5-7-9-19/h5-15,18H,4,16H2,1-3H3,(H,27,29)/t18-/m0/s1. The van der Waals surface area contributed by atoms with Gasteiger partial charge >= 0.3 is 0 Å². The van der Waals surface area contributed by atoms with E-state index in [1.54, 1.807) is 11.8 Å². The maximum Gasteiger partial charge on any atom is 0.251 e. The number of benzene rings is 3. The summed E-state index contributed by atoms with van der Waals surface area (Å²) in [6.07, 6.45) is 0.849. The molecule has 1 amide bonds. The second-order valence-corrected chi connectivity index (χ2v) is 8.80. The van der Waals surface area contributed by atoms with Gasteiger partial charge < -0.3 is 5.32 Å². The van der Waals surface area contributed by atoms with E-state index in [0.717, 1.165) is 22.7 Å². The van der Waals surface area contributed by atoms with Crippen LogP contribution in [-0.2, 0) is 0 Å². The minimum atomic E-state index is -0.0589. The second kappa shape index (κ2) is 8.88. The molecule has 3 aromatic rings. The summed E-state index contributed by atoms with van der Waals surface area (Å²) >= 11 is 1.72. The normalized spacial score (nSPS) is 13.5. The molecule has 1 aliphatic heterocycles. The average molecular weight is 415 g/mol. The van der Waals surface area contributed by atoms with Crippen molar-refractivity contribution in [1.29, 1.82) is 0 Å². The highest BCUT2D eigenvalue weighted by atomic mass is 32.2. The first-order valence-corrected chi connectivity index (χ1v) is 11.2. The fourth-order valence-corrected chi connectivity index (χ4v) is 4.64. The van der Waals surface area contributed by atoms with Crippen LogP contribution in [0, 0.1) is 6.92 Å². The molecule has 3 nitrogen and oxygen atoms in total. The van der Waals surface area contributed by atoms with Crippen molar-refractivity contribution in [3.8, 4) is 0 Å². The van der Waals surface area contributed by atoms with Crippen LogP contribution in [0.3, 0.4) is 0 Å². The number of hydrogen-bond acceptors (Lipinski definition) is 3. The molecular weight excluding hydrogens is 388 g/mol. The smallest absolute Gasteiger partial charge is 0.251 e. The summed E-state index contributed by atoms with van der Waals surface area (Å²) in [5.74, 6) is 0.199. The molecule has 0 saturated heterocycles. The summed E-state index contributed by atoms with van der Waals surface area (Å²) in [6, 6.07) is 22.6. The Kier molecular flexibility index (Phi) is 6.05. The van der Waals surface area contributed by atoms with Gasteiger partial charge in [-0.3, -0.25) is 9.79 Å². The Morgan fingerprint density at radius 2 is 1.80 bits per heavy atom. The zero-order valence-electron chi connectivity index (χ0n) is 17.6. The van der Waals surface area contributed by atoms with Gasteiger partial charge in [0.2, 0.25) is 0 Å². The lowest BCUT2D eigenvalue weighted by atomic mass is 10.0. The summed E-state index contributed by atoms with van der Waals surface area (Å²) in [5.41, 5.74) is 6.23. The Morgan fingerprint density at radius 1 is 1.03 bits per heavy atom. The number of nitrogens with one attached hydrogen (secondary N) is 1. The van der Waals surface area contributed by atoms with Crippen LogP contribution < -0.4 is 5.32 Å². The number of nitrogens with zero attached hydrogens (tertiary/aromatic N) is 1. The molecule has 0 fully saturated rings. The zero-order chi connectivity index (χ0) is 21.1. The highest BCUT2D eigenvalue weighted by Crippen LogP contribution is 2.41. The molecule has 1 heterocycles. The Bertz CT molecular complexity index is 1110. The van der Waals surface area contributed by atoms with E-state index < -0.39 is 0 Å². The van der Waals surface area contributed by atoms with Crippen LogP contribution in [-0.4, -0.2) is 18.2 Å². The van der Waals surface area contributed by atoms with E-state index in [1.807, 2.05) is 36.4 Å². The molecule has 0 aliphatic carbocycles. The fraction of sp³-hybridized carbons (Fsp3) is 0.231. The maximum atomic E-state index is 12.8. The molecule has 3 aromatic carbocycles.